The third kappa shape index (κ3) is 6.30. The Labute approximate surface area is 192 Å². The summed E-state index contributed by atoms with van der Waals surface area (Å²) in [5.41, 5.74) is 0.784. The Bertz CT molecular complexity index is 1220. The molecule has 0 fully saturated rings. The zero-order valence-corrected chi connectivity index (χ0v) is 18.9. The van der Waals surface area contributed by atoms with Crippen LogP contribution in [0.3, 0.4) is 0 Å². The summed E-state index contributed by atoms with van der Waals surface area (Å²) in [5, 5.41) is 15.1. The first-order valence-corrected chi connectivity index (χ1v) is 11.9. The van der Waals surface area contributed by atoms with Crippen molar-refractivity contribution < 1.29 is 27.4 Å². The normalized spacial score (nSPS) is 11.2. The van der Waals surface area contributed by atoms with Gasteiger partial charge >= 0.3 is 5.97 Å². The van der Waals surface area contributed by atoms with Gasteiger partial charge in [0.2, 0.25) is 10.0 Å². The predicted octanol–water partition coefficient (Wildman–Crippen LogP) is 4.77. The van der Waals surface area contributed by atoms with Crippen LogP contribution >= 0.6 is 0 Å². The van der Waals surface area contributed by atoms with Crippen LogP contribution in [0.4, 0.5) is 10.1 Å². The summed E-state index contributed by atoms with van der Waals surface area (Å²) >= 11 is 0. The van der Waals surface area contributed by atoms with E-state index in [1.165, 1.54) is 18.2 Å². The van der Waals surface area contributed by atoms with Crippen molar-refractivity contribution in [2.45, 2.75) is 31.2 Å². The molecule has 0 unspecified atom stereocenters. The number of aromatic carboxylic acids is 1. The fourth-order valence-corrected chi connectivity index (χ4v) is 4.01. The van der Waals surface area contributed by atoms with Crippen molar-refractivity contribution in [2.24, 2.45) is 5.14 Å². The van der Waals surface area contributed by atoms with Gasteiger partial charge in [-0.2, -0.15) is 0 Å². The van der Waals surface area contributed by atoms with E-state index in [2.05, 4.69) is 0 Å². The number of para-hydroxylation sites is 1. The van der Waals surface area contributed by atoms with Crippen LogP contribution in [0.1, 0.15) is 35.7 Å². The van der Waals surface area contributed by atoms with E-state index in [-0.39, 0.29) is 29.4 Å². The number of nitrogens with two attached hydrogens (primary N) is 1. The van der Waals surface area contributed by atoms with E-state index in [1.54, 1.807) is 42.5 Å². The third-order valence-electron chi connectivity index (χ3n) is 4.96. The highest BCUT2D eigenvalue weighted by Crippen LogP contribution is 2.40. The Kier molecular flexibility index (Phi) is 7.67. The molecule has 33 heavy (non-hydrogen) atoms. The molecule has 9 heteroatoms. The topological polar surface area (TPSA) is 110 Å². The molecule has 3 aromatic rings. The second-order valence-electron chi connectivity index (χ2n) is 7.49. The molecule has 0 spiro atoms. The van der Waals surface area contributed by atoms with Gasteiger partial charge in [-0.1, -0.05) is 43.7 Å². The average molecular weight is 473 g/mol. The minimum atomic E-state index is -4.33. The first-order valence-electron chi connectivity index (χ1n) is 10.4. The van der Waals surface area contributed by atoms with Gasteiger partial charge in [0, 0.05) is 13.1 Å². The van der Waals surface area contributed by atoms with Gasteiger partial charge in [-0.25, -0.2) is 22.7 Å². The highest BCUT2D eigenvalue weighted by Gasteiger charge is 2.26. The molecule has 0 aliphatic carbocycles. The number of sulfonamides is 1. The molecule has 0 saturated carbocycles. The SMILES string of the molecule is CCCCN(Cc1ccc(F)cc1)c1cc(C(=O)O)cc(S(N)(=O)=O)c1Oc1ccccc1. The Hall–Kier alpha value is -3.43. The number of carbonyl (C=O) groups is 1. The van der Waals surface area contributed by atoms with Crippen molar-refractivity contribution in [1.82, 2.24) is 0 Å². The number of hydrogen-bond acceptors (Lipinski definition) is 5. The van der Waals surface area contributed by atoms with Crippen molar-refractivity contribution in [3.05, 3.63) is 83.7 Å². The number of anilines is 1. The molecule has 0 radical (unpaired) electrons. The molecule has 0 aliphatic rings. The lowest BCUT2D eigenvalue weighted by Gasteiger charge is -2.28. The molecular formula is C24H25FN2O5S. The van der Waals surface area contributed by atoms with Crippen LogP contribution in [0.2, 0.25) is 0 Å². The minimum Gasteiger partial charge on any atom is -0.478 e. The van der Waals surface area contributed by atoms with E-state index in [4.69, 9.17) is 9.88 Å². The third-order valence-corrected chi connectivity index (χ3v) is 5.88. The second-order valence-corrected chi connectivity index (χ2v) is 9.02. The van der Waals surface area contributed by atoms with Gasteiger partial charge in [-0.15, -0.1) is 0 Å². The molecule has 0 aliphatic heterocycles. The maximum Gasteiger partial charge on any atom is 0.335 e. The molecule has 0 heterocycles. The number of carboxylic acid groups (broad SMARTS) is 1. The molecule has 3 aromatic carbocycles. The molecule has 0 aromatic heterocycles. The van der Waals surface area contributed by atoms with Gasteiger partial charge in [-0.3, -0.25) is 0 Å². The number of benzene rings is 3. The molecule has 0 saturated heterocycles. The largest absolute Gasteiger partial charge is 0.478 e. The summed E-state index contributed by atoms with van der Waals surface area (Å²) < 4.78 is 44.3. The quantitative estimate of drug-likeness (QED) is 0.440. The molecule has 7 nitrogen and oxygen atoms in total. The van der Waals surface area contributed by atoms with E-state index in [0.717, 1.165) is 24.5 Å². The van der Waals surface area contributed by atoms with Crippen LogP contribution in [0.5, 0.6) is 11.5 Å². The van der Waals surface area contributed by atoms with Crippen molar-refractivity contribution in [2.75, 3.05) is 11.4 Å². The van der Waals surface area contributed by atoms with Gasteiger partial charge in [0.1, 0.15) is 16.5 Å². The van der Waals surface area contributed by atoms with Crippen molar-refractivity contribution in [3.63, 3.8) is 0 Å². The fraction of sp³-hybridized carbons (Fsp3) is 0.208. The van der Waals surface area contributed by atoms with Gasteiger partial charge in [0.15, 0.2) is 5.75 Å². The minimum absolute atomic E-state index is 0.0630. The maximum absolute atomic E-state index is 13.4. The van der Waals surface area contributed by atoms with Crippen molar-refractivity contribution in [3.8, 4) is 11.5 Å². The molecular weight excluding hydrogens is 447 g/mol. The summed E-state index contributed by atoms with van der Waals surface area (Å²) in [4.78, 5) is 13.2. The summed E-state index contributed by atoms with van der Waals surface area (Å²) in [6, 6.07) is 16.8. The molecule has 0 amide bonds. The number of hydrogen-bond donors (Lipinski definition) is 2. The fourth-order valence-electron chi connectivity index (χ4n) is 3.31. The van der Waals surface area contributed by atoms with E-state index >= 15 is 0 Å². The highest BCUT2D eigenvalue weighted by molar-refractivity contribution is 7.89. The number of primary sulfonamides is 1. The Balaban J connectivity index is 2.21. The lowest BCUT2D eigenvalue weighted by molar-refractivity contribution is 0.0696. The number of unbranched alkanes of at least 4 members (excludes halogenated alkanes) is 1. The second kappa shape index (κ2) is 10.5. The first-order chi connectivity index (χ1) is 15.7. The van der Waals surface area contributed by atoms with Crippen LogP contribution in [-0.4, -0.2) is 26.0 Å². The van der Waals surface area contributed by atoms with E-state index in [9.17, 15) is 22.7 Å². The van der Waals surface area contributed by atoms with Gasteiger partial charge < -0.3 is 14.7 Å². The Morgan fingerprint density at radius 2 is 1.76 bits per heavy atom. The number of rotatable bonds is 10. The zero-order chi connectivity index (χ0) is 24.0. The number of carboxylic acids is 1. The number of halogens is 1. The summed E-state index contributed by atoms with van der Waals surface area (Å²) in [7, 11) is -4.33. The highest BCUT2D eigenvalue weighted by atomic mass is 32.2. The number of nitrogens with zero attached hydrogens (tertiary/aromatic N) is 1. The predicted molar refractivity (Wildman–Crippen MR) is 124 cm³/mol. The van der Waals surface area contributed by atoms with E-state index in [0.29, 0.717) is 12.3 Å². The standard InChI is InChI=1S/C24H25FN2O5S/c1-2-3-13-27(16-17-9-11-19(25)12-10-17)21-14-18(24(28)29)15-22(33(26,30)31)23(21)32-20-7-5-4-6-8-20/h4-12,14-15H,2-3,13,16H2,1H3,(H,28,29)(H2,26,30,31). The lowest BCUT2D eigenvalue weighted by atomic mass is 10.1. The van der Waals surface area contributed by atoms with Crippen molar-refractivity contribution >= 4 is 21.7 Å². The van der Waals surface area contributed by atoms with Crippen LogP contribution < -0.4 is 14.8 Å². The van der Waals surface area contributed by atoms with Gasteiger partial charge in [-0.05, 0) is 48.4 Å². The van der Waals surface area contributed by atoms with Crippen LogP contribution in [0, 0.1) is 5.82 Å². The average Bonchev–Trinajstić information content (AvgIpc) is 2.78. The summed E-state index contributed by atoms with van der Waals surface area (Å²) in [6.45, 7) is 2.76. The van der Waals surface area contributed by atoms with E-state index in [1.807, 2.05) is 11.8 Å². The molecule has 3 rings (SSSR count). The van der Waals surface area contributed by atoms with Crippen molar-refractivity contribution in [1.29, 1.82) is 0 Å². The maximum atomic E-state index is 13.4. The smallest absolute Gasteiger partial charge is 0.335 e. The zero-order valence-electron chi connectivity index (χ0n) is 18.1. The molecule has 3 N–H and O–H groups in total. The molecule has 0 atom stereocenters. The Morgan fingerprint density at radius 1 is 1.09 bits per heavy atom. The monoisotopic (exact) mass is 472 g/mol. The van der Waals surface area contributed by atoms with Gasteiger partial charge in [0.05, 0.1) is 11.3 Å². The Morgan fingerprint density at radius 3 is 2.33 bits per heavy atom. The van der Waals surface area contributed by atoms with E-state index < -0.39 is 20.9 Å². The van der Waals surface area contributed by atoms with Crippen LogP contribution in [0.25, 0.3) is 0 Å². The molecule has 174 valence electrons. The lowest BCUT2D eigenvalue weighted by Crippen LogP contribution is -2.26. The van der Waals surface area contributed by atoms with Crippen LogP contribution in [-0.2, 0) is 16.6 Å². The molecule has 0 bridgehead atoms. The summed E-state index contributed by atoms with van der Waals surface area (Å²) in [6.07, 6.45) is 1.59. The first kappa shape index (κ1) is 24.2. The van der Waals surface area contributed by atoms with Gasteiger partial charge in [0.25, 0.3) is 0 Å². The number of ether oxygens (including phenoxy) is 1. The summed E-state index contributed by atoms with van der Waals surface area (Å²) in [5.74, 6) is -1.38. The van der Waals surface area contributed by atoms with Crippen LogP contribution in [0.15, 0.2) is 71.6 Å².